The topological polar surface area (TPSA) is 12.0 Å². The van der Waals surface area contributed by atoms with E-state index in [4.69, 9.17) is 0 Å². The molecule has 0 saturated carbocycles. The maximum atomic E-state index is 3.85. The molecule has 1 N–H and O–H groups in total. The van der Waals surface area contributed by atoms with Gasteiger partial charge < -0.3 is 5.32 Å². The van der Waals surface area contributed by atoms with Crippen LogP contribution in [0.2, 0.25) is 0 Å². The maximum Gasteiger partial charge on any atom is 0.0298 e. The molecule has 72 valence electrons. The molecule has 0 aromatic rings. The highest BCUT2D eigenvalue weighted by Gasteiger charge is 2.21. The normalized spacial score (nSPS) is 17.1. The van der Waals surface area contributed by atoms with E-state index in [0.29, 0.717) is 12.1 Å². The van der Waals surface area contributed by atoms with Crippen molar-refractivity contribution >= 4 is 0 Å². The third-order valence-corrected chi connectivity index (χ3v) is 2.25. The molecule has 2 atom stereocenters. The largest absolute Gasteiger partial charge is 0.308 e. The smallest absolute Gasteiger partial charge is 0.0298 e. The molecule has 1 heteroatoms. The summed E-state index contributed by atoms with van der Waals surface area (Å²) in [4.78, 5) is 0. The average Bonchev–Trinajstić information content (AvgIpc) is 1.97. The van der Waals surface area contributed by atoms with Crippen molar-refractivity contribution in [3.63, 3.8) is 0 Å². The molecule has 0 aromatic carbocycles. The van der Waals surface area contributed by atoms with Crippen molar-refractivity contribution < 1.29 is 0 Å². The Kier molecular flexibility index (Phi) is 4.54. The molecular formula is C11H23N. The van der Waals surface area contributed by atoms with Crippen LogP contribution in [0.25, 0.3) is 0 Å². The van der Waals surface area contributed by atoms with Crippen LogP contribution >= 0.6 is 0 Å². The van der Waals surface area contributed by atoms with Crippen LogP contribution < -0.4 is 5.32 Å². The summed E-state index contributed by atoms with van der Waals surface area (Å²) in [7, 11) is 0. The summed E-state index contributed by atoms with van der Waals surface area (Å²) in [6.07, 6.45) is 3.17. The predicted octanol–water partition coefficient (Wildman–Crippen LogP) is 2.98. The third-order valence-electron chi connectivity index (χ3n) is 2.25. The first-order valence-corrected chi connectivity index (χ1v) is 4.80. The van der Waals surface area contributed by atoms with E-state index in [9.17, 15) is 0 Å². The average molecular weight is 169 g/mol. The predicted molar refractivity (Wildman–Crippen MR) is 56.3 cm³/mol. The van der Waals surface area contributed by atoms with Crippen molar-refractivity contribution in [2.75, 3.05) is 0 Å². The van der Waals surface area contributed by atoms with Crippen LogP contribution in [-0.4, -0.2) is 12.1 Å². The van der Waals surface area contributed by atoms with Gasteiger partial charge in [0, 0.05) is 12.1 Å². The zero-order valence-electron chi connectivity index (χ0n) is 9.15. The highest BCUT2D eigenvalue weighted by atomic mass is 14.9. The first kappa shape index (κ1) is 11.7. The molecule has 0 radical (unpaired) electrons. The Balaban J connectivity index is 4.09. The molecule has 0 aliphatic rings. The molecule has 2 unspecified atom stereocenters. The van der Waals surface area contributed by atoms with E-state index in [-0.39, 0.29) is 5.41 Å². The quantitative estimate of drug-likeness (QED) is 0.638. The van der Waals surface area contributed by atoms with E-state index in [1.807, 2.05) is 6.08 Å². The van der Waals surface area contributed by atoms with Crippen LogP contribution in [0.1, 0.15) is 41.0 Å². The second kappa shape index (κ2) is 4.66. The standard InChI is InChI=1S/C11H23N/c1-7-9(3)12-10(8-2)11(4,5)6/h8-10,12H,2,7H2,1,3-6H3. The van der Waals surface area contributed by atoms with Gasteiger partial charge in [0.1, 0.15) is 0 Å². The molecular weight excluding hydrogens is 146 g/mol. The van der Waals surface area contributed by atoms with Gasteiger partial charge in [-0.2, -0.15) is 0 Å². The number of rotatable bonds is 4. The molecule has 12 heavy (non-hydrogen) atoms. The molecule has 0 fully saturated rings. The second-order valence-electron chi connectivity index (χ2n) is 4.56. The first-order valence-electron chi connectivity index (χ1n) is 4.80. The van der Waals surface area contributed by atoms with Gasteiger partial charge in [0.05, 0.1) is 0 Å². The van der Waals surface area contributed by atoms with E-state index in [1.165, 1.54) is 6.42 Å². The van der Waals surface area contributed by atoms with Gasteiger partial charge in [0.2, 0.25) is 0 Å². The SMILES string of the molecule is C=CC(NC(C)CC)C(C)(C)C. The van der Waals surface area contributed by atoms with Gasteiger partial charge in [-0.3, -0.25) is 0 Å². The number of nitrogens with one attached hydrogen (secondary N) is 1. The molecule has 0 bridgehead atoms. The van der Waals surface area contributed by atoms with Crippen molar-refractivity contribution in [1.82, 2.24) is 5.32 Å². The summed E-state index contributed by atoms with van der Waals surface area (Å²) < 4.78 is 0. The van der Waals surface area contributed by atoms with Gasteiger partial charge in [-0.15, -0.1) is 6.58 Å². The van der Waals surface area contributed by atoms with Gasteiger partial charge in [-0.25, -0.2) is 0 Å². The van der Waals surface area contributed by atoms with E-state index in [1.54, 1.807) is 0 Å². The Labute approximate surface area is 77.2 Å². The summed E-state index contributed by atoms with van der Waals surface area (Å²) in [5.74, 6) is 0. The summed E-state index contributed by atoms with van der Waals surface area (Å²) in [6.45, 7) is 15.0. The Bertz CT molecular complexity index is 132. The van der Waals surface area contributed by atoms with Crippen LogP contribution in [-0.2, 0) is 0 Å². The first-order chi connectivity index (χ1) is 5.41. The lowest BCUT2D eigenvalue weighted by atomic mass is 9.86. The maximum absolute atomic E-state index is 3.85. The Morgan fingerprint density at radius 3 is 2.17 bits per heavy atom. The zero-order valence-corrected chi connectivity index (χ0v) is 9.15. The monoisotopic (exact) mass is 169 g/mol. The highest BCUT2D eigenvalue weighted by Crippen LogP contribution is 2.20. The fourth-order valence-electron chi connectivity index (χ4n) is 1.10. The van der Waals surface area contributed by atoms with E-state index < -0.39 is 0 Å². The summed E-state index contributed by atoms with van der Waals surface area (Å²) >= 11 is 0. The minimum absolute atomic E-state index is 0.269. The molecule has 0 spiro atoms. The lowest BCUT2D eigenvalue weighted by molar-refractivity contribution is 0.291. The van der Waals surface area contributed by atoms with Crippen LogP contribution in [0.4, 0.5) is 0 Å². The van der Waals surface area contributed by atoms with Crippen LogP contribution in [0.5, 0.6) is 0 Å². The van der Waals surface area contributed by atoms with E-state index in [0.717, 1.165) is 0 Å². The van der Waals surface area contributed by atoms with Crippen LogP contribution in [0.3, 0.4) is 0 Å². The van der Waals surface area contributed by atoms with Gasteiger partial charge in [-0.1, -0.05) is 33.8 Å². The highest BCUT2D eigenvalue weighted by molar-refractivity contribution is 4.95. The molecule has 0 aliphatic heterocycles. The van der Waals surface area contributed by atoms with Crippen LogP contribution in [0.15, 0.2) is 12.7 Å². The minimum Gasteiger partial charge on any atom is -0.308 e. The summed E-state index contributed by atoms with van der Waals surface area (Å²) in [5.41, 5.74) is 0.269. The Morgan fingerprint density at radius 1 is 1.42 bits per heavy atom. The molecule has 0 saturated heterocycles. The molecule has 0 aliphatic carbocycles. The fraction of sp³-hybridized carbons (Fsp3) is 0.818. The Morgan fingerprint density at radius 2 is 1.92 bits per heavy atom. The second-order valence-corrected chi connectivity index (χ2v) is 4.56. The fourth-order valence-corrected chi connectivity index (χ4v) is 1.10. The van der Waals surface area contributed by atoms with Gasteiger partial charge in [0.25, 0.3) is 0 Å². The van der Waals surface area contributed by atoms with Crippen molar-refractivity contribution in [2.24, 2.45) is 5.41 Å². The molecule has 1 nitrogen and oxygen atoms in total. The zero-order chi connectivity index (χ0) is 9.78. The summed E-state index contributed by atoms with van der Waals surface area (Å²) in [5, 5.41) is 3.54. The van der Waals surface area contributed by atoms with E-state index in [2.05, 4.69) is 46.5 Å². The van der Waals surface area contributed by atoms with Gasteiger partial charge in [0.15, 0.2) is 0 Å². The number of hydrogen-bond donors (Lipinski definition) is 1. The van der Waals surface area contributed by atoms with Gasteiger partial charge in [-0.05, 0) is 18.8 Å². The lowest BCUT2D eigenvalue weighted by Gasteiger charge is -2.31. The molecule has 0 amide bonds. The van der Waals surface area contributed by atoms with Crippen LogP contribution in [0, 0.1) is 5.41 Å². The van der Waals surface area contributed by atoms with E-state index >= 15 is 0 Å². The van der Waals surface area contributed by atoms with Crippen molar-refractivity contribution in [3.05, 3.63) is 12.7 Å². The van der Waals surface area contributed by atoms with Crippen molar-refractivity contribution in [1.29, 1.82) is 0 Å². The minimum atomic E-state index is 0.269. The number of hydrogen-bond acceptors (Lipinski definition) is 1. The lowest BCUT2D eigenvalue weighted by Crippen LogP contribution is -2.43. The summed E-state index contributed by atoms with van der Waals surface area (Å²) in [6, 6.07) is 0.986. The van der Waals surface area contributed by atoms with Crippen molar-refractivity contribution in [2.45, 2.75) is 53.1 Å². The molecule has 0 heterocycles. The Hall–Kier alpha value is -0.300. The molecule has 0 aromatic heterocycles. The molecule has 0 rings (SSSR count). The third kappa shape index (κ3) is 3.91. The van der Waals surface area contributed by atoms with Crippen molar-refractivity contribution in [3.8, 4) is 0 Å². The van der Waals surface area contributed by atoms with Gasteiger partial charge >= 0.3 is 0 Å².